The first kappa shape index (κ1) is 11.0. The van der Waals surface area contributed by atoms with Crippen molar-refractivity contribution >= 4 is 23.2 Å². The molecule has 0 aliphatic heterocycles. The molecule has 1 aromatic rings. The summed E-state index contributed by atoms with van der Waals surface area (Å²) in [6.07, 6.45) is 6.33. The Kier molecular flexibility index (Phi) is 3.06. The molecule has 1 nitrogen and oxygen atoms in total. The van der Waals surface area contributed by atoms with Gasteiger partial charge in [0, 0.05) is 12.0 Å². The standard InChI is InChI=1S/C12H13Cl2N/c13-10-4-3-9(7-11(10)14)12(8-15)5-1-2-6-12/h1-4,7H,5-6,8,15H2. The van der Waals surface area contributed by atoms with E-state index in [0.29, 0.717) is 16.6 Å². The first-order valence-electron chi connectivity index (χ1n) is 4.98. The van der Waals surface area contributed by atoms with Crippen molar-refractivity contribution in [3.05, 3.63) is 46.0 Å². The van der Waals surface area contributed by atoms with Crippen LogP contribution in [-0.4, -0.2) is 6.54 Å². The maximum absolute atomic E-state index is 6.02. The lowest BCUT2D eigenvalue weighted by Crippen LogP contribution is -2.32. The maximum atomic E-state index is 6.02. The van der Waals surface area contributed by atoms with Crippen molar-refractivity contribution in [2.24, 2.45) is 5.73 Å². The minimum Gasteiger partial charge on any atom is -0.330 e. The highest BCUT2D eigenvalue weighted by Gasteiger charge is 2.31. The minimum absolute atomic E-state index is 0.0359. The van der Waals surface area contributed by atoms with E-state index >= 15 is 0 Å². The highest BCUT2D eigenvalue weighted by molar-refractivity contribution is 6.42. The van der Waals surface area contributed by atoms with Gasteiger partial charge in [0.2, 0.25) is 0 Å². The summed E-state index contributed by atoms with van der Waals surface area (Å²) in [7, 11) is 0. The van der Waals surface area contributed by atoms with Crippen LogP contribution >= 0.6 is 23.2 Å². The number of hydrogen-bond acceptors (Lipinski definition) is 1. The van der Waals surface area contributed by atoms with Gasteiger partial charge in [0.25, 0.3) is 0 Å². The van der Waals surface area contributed by atoms with Crippen LogP contribution in [0.1, 0.15) is 18.4 Å². The Morgan fingerprint density at radius 3 is 2.33 bits per heavy atom. The third-order valence-corrected chi connectivity index (χ3v) is 3.85. The summed E-state index contributed by atoms with van der Waals surface area (Å²) in [6.45, 7) is 0.637. The molecule has 0 spiro atoms. The van der Waals surface area contributed by atoms with E-state index in [4.69, 9.17) is 28.9 Å². The quantitative estimate of drug-likeness (QED) is 0.788. The number of rotatable bonds is 2. The molecule has 0 saturated carbocycles. The zero-order chi connectivity index (χ0) is 10.9. The van der Waals surface area contributed by atoms with Crippen LogP contribution in [0, 0.1) is 0 Å². The fourth-order valence-electron chi connectivity index (χ4n) is 2.05. The van der Waals surface area contributed by atoms with Crippen LogP contribution in [0.5, 0.6) is 0 Å². The fraction of sp³-hybridized carbons (Fsp3) is 0.333. The molecule has 0 heterocycles. The molecule has 1 aliphatic carbocycles. The summed E-state index contributed by atoms with van der Waals surface area (Å²) in [5.41, 5.74) is 7.09. The summed E-state index contributed by atoms with van der Waals surface area (Å²) in [4.78, 5) is 0. The SMILES string of the molecule is NCC1(c2ccc(Cl)c(Cl)c2)CC=CC1. The first-order valence-corrected chi connectivity index (χ1v) is 5.74. The fourth-order valence-corrected chi connectivity index (χ4v) is 2.35. The molecular formula is C12H13Cl2N. The van der Waals surface area contributed by atoms with E-state index in [9.17, 15) is 0 Å². The number of allylic oxidation sites excluding steroid dienone is 2. The van der Waals surface area contributed by atoms with E-state index in [-0.39, 0.29) is 5.41 Å². The van der Waals surface area contributed by atoms with Gasteiger partial charge >= 0.3 is 0 Å². The molecule has 0 amide bonds. The molecule has 1 aliphatic rings. The molecule has 0 fully saturated rings. The van der Waals surface area contributed by atoms with Gasteiger partial charge in [-0.15, -0.1) is 0 Å². The average Bonchev–Trinajstić information content (AvgIpc) is 2.72. The minimum atomic E-state index is 0.0359. The third-order valence-electron chi connectivity index (χ3n) is 3.11. The average molecular weight is 242 g/mol. The Balaban J connectivity index is 2.39. The Labute approximate surface area is 99.9 Å². The van der Waals surface area contributed by atoms with Gasteiger partial charge in [0.05, 0.1) is 10.0 Å². The van der Waals surface area contributed by atoms with Gasteiger partial charge < -0.3 is 5.73 Å². The third kappa shape index (κ3) is 1.92. The van der Waals surface area contributed by atoms with Crippen molar-refractivity contribution in [2.45, 2.75) is 18.3 Å². The van der Waals surface area contributed by atoms with Crippen LogP contribution in [0.4, 0.5) is 0 Å². The summed E-state index contributed by atoms with van der Waals surface area (Å²) in [6, 6.07) is 5.80. The Bertz CT molecular complexity index is 391. The molecule has 0 unspecified atom stereocenters. The van der Waals surface area contributed by atoms with E-state index in [1.54, 1.807) is 0 Å². The lowest BCUT2D eigenvalue weighted by molar-refractivity contribution is 0.471. The van der Waals surface area contributed by atoms with Crippen LogP contribution in [0.3, 0.4) is 0 Å². The lowest BCUT2D eigenvalue weighted by Gasteiger charge is -2.28. The molecule has 2 N–H and O–H groups in total. The molecule has 0 saturated heterocycles. The molecule has 80 valence electrons. The molecule has 2 rings (SSSR count). The number of nitrogens with two attached hydrogens (primary N) is 1. The Hall–Kier alpha value is -0.500. The molecule has 15 heavy (non-hydrogen) atoms. The topological polar surface area (TPSA) is 26.0 Å². The van der Waals surface area contributed by atoms with Gasteiger partial charge in [-0.2, -0.15) is 0 Å². The zero-order valence-electron chi connectivity index (χ0n) is 8.34. The van der Waals surface area contributed by atoms with E-state index < -0.39 is 0 Å². The molecule has 0 radical (unpaired) electrons. The van der Waals surface area contributed by atoms with E-state index in [2.05, 4.69) is 12.2 Å². The van der Waals surface area contributed by atoms with E-state index in [1.807, 2.05) is 18.2 Å². The molecule has 1 aromatic carbocycles. The molecule has 0 bridgehead atoms. The number of benzene rings is 1. The smallest absolute Gasteiger partial charge is 0.0595 e. The Morgan fingerprint density at radius 2 is 1.80 bits per heavy atom. The summed E-state index contributed by atoms with van der Waals surface area (Å²) < 4.78 is 0. The van der Waals surface area contributed by atoms with Crippen molar-refractivity contribution in [2.75, 3.05) is 6.54 Å². The molecule has 0 aromatic heterocycles. The lowest BCUT2D eigenvalue weighted by atomic mass is 9.78. The van der Waals surface area contributed by atoms with Gasteiger partial charge in [-0.05, 0) is 30.5 Å². The summed E-state index contributed by atoms with van der Waals surface area (Å²) in [5, 5.41) is 1.20. The zero-order valence-corrected chi connectivity index (χ0v) is 9.85. The number of hydrogen-bond donors (Lipinski definition) is 1. The van der Waals surface area contributed by atoms with Crippen LogP contribution in [-0.2, 0) is 5.41 Å². The normalized spacial score (nSPS) is 18.3. The second kappa shape index (κ2) is 4.17. The van der Waals surface area contributed by atoms with Gasteiger partial charge in [0.15, 0.2) is 0 Å². The van der Waals surface area contributed by atoms with Gasteiger partial charge in [-0.25, -0.2) is 0 Å². The summed E-state index contributed by atoms with van der Waals surface area (Å²) in [5.74, 6) is 0. The highest BCUT2D eigenvalue weighted by Crippen LogP contribution is 2.38. The van der Waals surface area contributed by atoms with Crippen LogP contribution in [0.15, 0.2) is 30.4 Å². The molecular weight excluding hydrogens is 229 g/mol. The predicted molar refractivity (Wildman–Crippen MR) is 65.6 cm³/mol. The van der Waals surface area contributed by atoms with Crippen LogP contribution < -0.4 is 5.73 Å². The van der Waals surface area contributed by atoms with Crippen molar-refractivity contribution < 1.29 is 0 Å². The van der Waals surface area contributed by atoms with Crippen molar-refractivity contribution in [3.8, 4) is 0 Å². The second-order valence-electron chi connectivity index (χ2n) is 3.99. The van der Waals surface area contributed by atoms with Crippen LogP contribution in [0.25, 0.3) is 0 Å². The van der Waals surface area contributed by atoms with E-state index in [0.717, 1.165) is 12.8 Å². The van der Waals surface area contributed by atoms with Gasteiger partial charge in [0.1, 0.15) is 0 Å². The Morgan fingerprint density at radius 1 is 1.13 bits per heavy atom. The highest BCUT2D eigenvalue weighted by atomic mass is 35.5. The van der Waals surface area contributed by atoms with Crippen molar-refractivity contribution in [1.29, 1.82) is 0 Å². The van der Waals surface area contributed by atoms with Crippen LogP contribution in [0.2, 0.25) is 10.0 Å². The van der Waals surface area contributed by atoms with Crippen molar-refractivity contribution in [1.82, 2.24) is 0 Å². The maximum Gasteiger partial charge on any atom is 0.0595 e. The second-order valence-corrected chi connectivity index (χ2v) is 4.81. The molecule has 3 heteroatoms. The predicted octanol–water partition coefficient (Wildman–Crippen LogP) is 3.54. The monoisotopic (exact) mass is 241 g/mol. The van der Waals surface area contributed by atoms with Gasteiger partial charge in [-0.1, -0.05) is 41.4 Å². The van der Waals surface area contributed by atoms with E-state index in [1.165, 1.54) is 5.56 Å². The van der Waals surface area contributed by atoms with Crippen molar-refractivity contribution in [3.63, 3.8) is 0 Å². The largest absolute Gasteiger partial charge is 0.330 e. The first-order chi connectivity index (χ1) is 7.18. The molecule has 0 atom stereocenters. The van der Waals surface area contributed by atoms with Gasteiger partial charge in [-0.3, -0.25) is 0 Å². The number of halogens is 2. The summed E-state index contributed by atoms with van der Waals surface area (Å²) >= 11 is 11.9.